The van der Waals surface area contributed by atoms with Gasteiger partial charge in [0.1, 0.15) is 0 Å². The largest absolute Gasteiger partial charge is 0.471 e. The van der Waals surface area contributed by atoms with Gasteiger partial charge in [-0.15, -0.1) is 0 Å². The van der Waals surface area contributed by atoms with Crippen molar-refractivity contribution in [2.24, 2.45) is 0 Å². The van der Waals surface area contributed by atoms with E-state index in [-0.39, 0.29) is 13.0 Å². The van der Waals surface area contributed by atoms with Crippen LogP contribution >= 0.6 is 0 Å². The molecule has 0 bridgehead atoms. The van der Waals surface area contributed by atoms with Gasteiger partial charge in [-0.1, -0.05) is 18.2 Å². The first-order valence-electron chi connectivity index (χ1n) is 4.59. The maximum Gasteiger partial charge on any atom is 0.471 e. The molecule has 0 spiro atoms. The third-order valence-electron chi connectivity index (χ3n) is 1.99. The first-order valence-corrected chi connectivity index (χ1v) is 4.59. The van der Waals surface area contributed by atoms with Gasteiger partial charge in [0, 0.05) is 12.2 Å². The Morgan fingerprint density at radius 1 is 1.31 bits per heavy atom. The van der Waals surface area contributed by atoms with E-state index in [1.807, 2.05) is 0 Å². The van der Waals surface area contributed by atoms with Crippen LogP contribution in [0.1, 0.15) is 5.56 Å². The number of nitrogen functional groups attached to an aromatic ring is 1. The second kappa shape index (κ2) is 4.87. The smallest absolute Gasteiger partial charge is 0.399 e. The summed E-state index contributed by atoms with van der Waals surface area (Å²) in [5.74, 6) is -1.93. The normalized spacial score (nSPS) is 11.2. The number of anilines is 1. The molecule has 1 amide bonds. The van der Waals surface area contributed by atoms with Crippen LogP contribution in [0.25, 0.3) is 0 Å². The molecule has 0 saturated carbocycles. The van der Waals surface area contributed by atoms with Crippen LogP contribution < -0.4 is 11.1 Å². The molecule has 88 valence electrons. The van der Waals surface area contributed by atoms with E-state index in [2.05, 4.69) is 0 Å². The van der Waals surface area contributed by atoms with Crippen LogP contribution in [0, 0.1) is 0 Å². The lowest BCUT2D eigenvalue weighted by Crippen LogP contribution is -2.37. The summed E-state index contributed by atoms with van der Waals surface area (Å²) < 4.78 is 35.5. The molecule has 0 fully saturated rings. The second-order valence-electron chi connectivity index (χ2n) is 3.20. The van der Waals surface area contributed by atoms with Crippen LogP contribution in [-0.4, -0.2) is 18.6 Å². The minimum Gasteiger partial charge on any atom is -0.399 e. The molecule has 1 rings (SSSR count). The molecule has 0 aromatic heterocycles. The molecule has 0 aliphatic carbocycles. The van der Waals surface area contributed by atoms with Gasteiger partial charge in [-0.3, -0.25) is 4.79 Å². The van der Waals surface area contributed by atoms with E-state index in [9.17, 15) is 18.0 Å². The lowest BCUT2D eigenvalue weighted by Gasteiger charge is -2.08. The van der Waals surface area contributed by atoms with Gasteiger partial charge in [-0.2, -0.15) is 13.2 Å². The number of hydrogen-bond donors (Lipinski definition) is 2. The summed E-state index contributed by atoms with van der Waals surface area (Å²) in [7, 11) is 0. The number of carbonyl (C=O) groups excluding carboxylic acids is 1. The fourth-order valence-corrected chi connectivity index (χ4v) is 1.17. The monoisotopic (exact) mass is 232 g/mol. The van der Waals surface area contributed by atoms with Gasteiger partial charge in [0.05, 0.1) is 0 Å². The molecule has 0 heterocycles. The van der Waals surface area contributed by atoms with Crippen molar-refractivity contribution >= 4 is 11.6 Å². The summed E-state index contributed by atoms with van der Waals surface area (Å²) in [6, 6.07) is 6.82. The summed E-state index contributed by atoms with van der Waals surface area (Å²) in [5, 5.41) is 1.78. The first kappa shape index (κ1) is 12.4. The predicted octanol–water partition coefficient (Wildman–Crippen LogP) is 1.49. The number of alkyl halides is 3. The van der Waals surface area contributed by atoms with E-state index >= 15 is 0 Å². The Bertz CT molecular complexity index is 377. The molecule has 0 saturated heterocycles. The van der Waals surface area contributed by atoms with Crippen LogP contribution in [0.15, 0.2) is 24.3 Å². The van der Waals surface area contributed by atoms with Crippen LogP contribution in [0.5, 0.6) is 0 Å². The zero-order valence-corrected chi connectivity index (χ0v) is 8.34. The second-order valence-corrected chi connectivity index (χ2v) is 3.20. The predicted molar refractivity (Wildman–Crippen MR) is 53.6 cm³/mol. The third kappa shape index (κ3) is 3.45. The molecule has 6 heteroatoms. The van der Waals surface area contributed by atoms with E-state index in [0.717, 1.165) is 0 Å². The topological polar surface area (TPSA) is 55.1 Å². The van der Waals surface area contributed by atoms with E-state index < -0.39 is 12.1 Å². The number of hydrogen-bond acceptors (Lipinski definition) is 2. The van der Waals surface area contributed by atoms with Crippen molar-refractivity contribution < 1.29 is 18.0 Å². The zero-order valence-electron chi connectivity index (χ0n) is 8.34. The van der Waals surface area contributed by atoms with Gasteiger partial charge in [-0.05, 0) is 18.1 Å². The van der Waals surface area contributed by atoms with Crippen LogP contribution in [0.2, 0.25) is 0 Å². The average Bonchev–Trinajstić information content (AvgIpc) is 2.19. The Labute approximate surface area is 90.4 Å². The minimum absolute atomic E-state index is 0.0907. The van der Waals surface area contributed by atoms with E-state index in [1.165, 1.54) is 0 Å². The molecular formula is C10H11F3N2O. The molecule has 1 aromatic rings. The highest BCUT2D eigenvalue weighted by atomic mass is 19.4. The highest BCUT2D eigenvalue weighted by molar-refractivity contribution is 5.81. The number of benzene rings is 1. The highest BCUT2D eigenvalue weighted by Crippen LogP contribution is 2.14. The van der Waals surface area contributed by atoms with Gasteiger partial charge in [0.25, 0.3) is 0 Å². The minimum atomic E-state index is -4.83. The Morgan fingerprint density at radius 3 is 2.50 bits per heavy atom. The fourth-order valence-electron chi connectivity index (χ4n) is 1.17. The number of nitrogens with one attached hydrogen (secondary N) is 1. The highest BCUT2D eigenvalue weighted by Gasteiger charge is 2.38. The Morgan fingerprint density at radius 2 is 1.94 bits per heavy atom. The van der Waals surface area contributed by atoms with Crippen molar-refractivity contribution in [1.29, 1.82) is 0 Å². The van der Waals surface area contributed by atoms with Gasteiger partial charge >= 0.3 is 12.1 Å². The molecule has 0 aliphatic rings. The first-order chi connectivity index (χ1) is 7.41. The molecule has 3 N–H and O–H groups in total. The summed E-state index contributed by atoms with van der Waals surface area (Å²) in [6.45, 7) is -0.0907. The molecule has 0 unspecified atom stereocenters. The van der Waals surface area contributed by atoms with Crippen molar-refractivity contribution in [2.45, 2.75) is 12.6 Å². The third-order valence-corrected chi connectivity index (χ3v) is 1.99. The Kier molecular flexibility index (Phi) is 3.76. The maximum atomic E-state index is 11.8. The lowest BCUT2D eigenvalue weighted by molar-refractivity contribution is -0.173. The number of halogens is 3. The molecule has 1 aromatic carbocycles. The standard InChI is InChI=1S/C10H11F3N2O/c11-10(12,13)9(16)15-6-5-7-3-1-2-4-8(7)14/h1-4H,5-6,14H2,(H,15,16). The summed E-state index contributed by atoms with van der Waals surface area (Å²) in [6.07, 6.45) is -4.56. The van der Waals surface area contributed by atoms with Crippen molar-refractivity contribution in [2.75, 3.05) is 12.3 Å². The van der Waals surface area contributed by atoms with Crippen LogP contribution in [0.4, 0.5) is 18.9 Å². The van der Waals surface area contributed by atoms with Crippen molar-refractivity contribution in [3.63, 3.8) is 0 Å². The van der Waals surface area contributed by atoms with Gasteiger partial charge in [0.2, 0.25) is 0 Å². The number of amides is 1. The Balaban J connectivity index is 2.43. The number of para-hydroxylation sites is 1. The fraction of sp³-hybridized carbons (Fsp3) is 0.300. The maximum absolute atomic E-state index is 11.8. The average molecular weight is 232 g/mol. The Hall–Kier alpha value is -1.72. The van der Waals surface area contributed by atoms with Gasteiger partial charge in [-0.25, -0.2) is 0 Å². The zero-order chi connectivity index (χ0) is 12.2. The summed E-state index contributed by atoms with van der Waals surface area (Å²) in [4.78, 5) is 10.5. The molecule has 3 nitrogen and oxygen atoms in total. The molecule has 0 radical (unpaired) electrons. The molecule has 16 heavy (non-hydrogen) atoms. The van der Waals surface area contributed by atoms with E-state index in [0.29, 0.717) is 11.3 Å². The van der Waals surface area contributed by atoms with Crippen molar-refractivity contribution in [3.05, 3.63) is 29.8 Å². The quantitative estimate of drug-likeness (QED) is 0.776. The van der Waals surface area contributed by atoms with Crippen molar-refractivity contribution in [1.82, 2.24) is 5.32 Å². The van der Waals surface area contributed by atoms with Gasteiger partial charge < -0.3 is 11.1 Å². The summed E-state index contributed by atoms with van der Waals surface area (Å²) in [5.41, 5.74) is 6.80. The van der Waals surface area contributed by atoms with Gasteiger partial charge in [0.15, 0.2) is 0 Å². The van der Waals surface area contributed by atoms with Crippen LogP contribution in [0.3, 0.4) is 0 Å². The molecule has 0 atom stereocenters. The molecular weight excluding hydrogens is 221 g/mol. The van der Waals surface area contributed by atoms with E-state index in [4.69, 9.17) is 5.73 Å². The number of carbonyl (C=O) groups is 1. The SMILES string of the molecule is Nc1ccccc1CCNC(=O)C(F)(F)F. The molecule has 0 aliphatic heterocycles. The van der Waals surface area contributed by atoms with Crippen LogP contribution in [-0.2, 0) is 11.2 Å². The van der Waals surface area contributed by atoms with Crippen molar-refractivity contribution in [3.8, 4) is 0 Å². The number of rotatable bonds is 3. The number of nitrogens with two attached hydrogens (primary N) is 1. The summed E-state index contributed by atoms with van der Waals surface area (Å²) >= 11 is 0. The van der Waals surface area contributed by atoms with E-state index in [1.54, 1.807) is 29.6 Å². The lowest BCUT2D eigenvalue weighted by atomic mass is 10.1.